The minimum absolute atomic E-state index is 0.0633. The van der Waals surface area contributed by atoms with Gasteiger partial charge < -0.3 is 16.0 Å². The molecule has 2 rings (SSSR count). The topological polar surface area (TPSA) is 78.9 Å². The van der Waals surface area contributed by atoms with Gasteiger partial charge in [0.1, 0.15) is 17.5 Å². The lowest BCUT2D eigenvalue weighted by Gasteiger charge is -2.09. The van der Waals surface area contributed by atoms with E-state index in [-0.39, 0.29) is 12.5 Å². The minimum Gasteiger partial charge on any atom is -0.370 e. The summed E-state index contributed by atoms with van der Waals surface area (Å²) in [7, 11) is 1.61. The maximum Gasteiger partial charge on any atom is 0.239 e. The molecule has 1 aliphatic carbocycles. The highest BCUT2D eigenvalue weighted by Gasteiger charge is 2.27. The lowest BCUT2D eigenvalue weighted by Crippen LogP contribution is -2.26. The number of carbonyl (C=O) groups excluding carboxylic acids is 1. The second-order valence-corrected chi connectivity index (χ2v) is 4.33. The summed E-state index contributed by atoms with van der Waals surface area (Å²) in [6, 6.07) is 1.83. The van der Waals surface area contributed by atoms with Crippen molar-refractivity contribution in [2.45, 2.75) is 25.7 Å². The highest BCUT2D eigenvalue weighted by atomic mass is 16.1. The van der Waals surface area contributed by atoms with Gasteiger partial charge in [-0.25, -0.2) is 9.97 Å². The molecule has 1 aliphatic rings. The van der Waals surface area contributed by atoms with Crippen LogP contribution in [-0.2, 0) is 4.79 Å². The first-order chi connectivity index (χ1) is 8.72. The van der Waals surface area contributed by atoms with E-state index in [1.165, 1.54) is 0 Å². The van der Waals surface area contributed by atoms with Gasteiger partial charge in [0.25, 0.3) is 0 Å². The normalized spacial score (nSPS) is 14.1. The Balaban J connectivity index is 2.09. The second-order valence-electron chi connectivity index (χ2n) is 4.33. The number of hydrogen-bond acceptors (Lipinski definition) is 5. The van der Waals surface area contributed by atoms with Crippen molar-refractivity contribution in [3.8, 4) is 0 Å². The zero-order valence-electron chi connectivity index (χ0n) is 10.8. The summed E-state index contributed by atoms with van der Waals surface area (Å²) in [5.74, 6) is 2.81. The number of aromatic nitrogens is 2. The summed E-state index contributed by atoms with van der Waals surface area (Å²) < 4.78 is 0. The summed E-state index contributed by atoms with van der Waals surface area (Å²) in [6.45, 7) is 3.07. The standard InChI is InChI=1S/C12H19N5O/c1-3-14-9-6-10(15-7-11(18)13-2)17-12(16-9)8-4-5-8/h6,8H,3-5,7H2,1-2H3,(H,13,18)(H2,14,15,16,17). The number of amides is 1. The highest BCUT2D eigenvalue weighted by Crippen LogP contribution is 2.38. The molecule has 0 aliphatic heterocycles. The van der Waals surface area contributed by atoms with Crippen LogP contribution in [0.2, 0.25) is 0 Å². The van der Waals surface area contributed by atoms with Crippen molar-refractivity contribution in [2.75, 3.05) is 30.8 Å². The van der Waals surface area contributed by atoms with Crippen LogP contribution in [0, 0.1) is 0 Å². The molecule has 1 fully saturated rings. The van der Waals surface area contributed by atoms with Crippen LogP contribution < -0.4 is 16.0 Å². The molecule has 18 heavy (non-hydrogen) atoms. The van der Waals surface area contributed by atoms with E-state index in [0.29, 0.717) is 11.7 Å². The third-order valence-corrected chi connectivity index (χ3v) is 2.75. The van der Waals surface area contributed by atoms with Crippen molar-refractivity contribution >= 4 is 17.5 Å². The average molecular weight is 249 g/mol. The van der Waals surface area contributed by atoms with Crippen LogP contribution >= 0.6 is 0 Å². The van der Waals surface area contributed by atoms with Gasteiger partial charge in [0.2, 0.25) is 5.91 Å². The fraction of sp³-hybridized carbons (Fsp3) is 0.583. The zero-order chi connectivity index (χ0) is 13.0. The van der Waals surface area contributed by atoms with Crippen LogP contribution in [0.5, 0.6) is 0 Å². The summed E-state index contributed by atoms with van der Waals surface area (Å²) in [6.07, 6.45) is 2.31. The fourth-order valence-electron chi connectivity index (χ4n) is 1.61. The minimum atomic E-state index is -0.0633. The third-order valence-electron chi connectivity index (χ3n) is 2.75. The van der Waals surface area contributed by atoms with Gasteiger partial charge in [0.15, 0.2) is 0 Å². The Morgan fingerprint density at radius 1 is 1.33 bits per heavy atom. The summed E-state index contributed by atoms with van der Waals surface area (Å²) >= 11 is 0. The Kier molecular flexibility index (Phi) is 3.96. The summed E-state index contributed by atoms with van der Waals surface area (Å²) in [4.78, 5) is 20.1. The first kappa shape index (κ1) is 12.6. The molecule has 0 aromatic carbocycles. The Bertz CT molecular complexity index is 430. The molecule has 1 amide bonds. The lowest BCUT2D eigenvalue weighted by molar-refractivity contribution is -0.118. The van der Waals surface area contributed by atoms with Crippen molar-refractivity contribution in [1.82, 2.24) is 15.3 Å². The van der Waals surface area contributed by atoms with E-state index in [4.69, 9.17) is 0 Å². The van der Waals surface area contributed by atoms with Crippen LogP contribution in [0.4, 0.5) is 11.6 Å². The smallest absolute Gasteiger partial charge is 0.239 e. The molecule has 0 unspecified atom stereocenters. The molecule has 0 saturated heterocycles. The Morgan fingerprint density at radius 2 is 2.00 bits per heavy atom. The van der Waals surface area contributed by atoms with Crippen LogP contribution in [0.1, 0.15) is 31.5 Å². The van der Waals surface area contributed by atoms with Crippen molar-refractivity contribution < 1.29 is 4.79 Å². The second kappa shape index (κ2) is 5.66. The maximum atomic E-state index is 11.2. The molecule has 1 heterocycles. The third kappa shape index (κ3) is 3.32. The first-order valence-electron chi connectivity index (χ1n) is 6.30. The van der Waals surface area contributed by atoms with E-state index < -0.39 is 0 Å². The van der Waals surface area contributed by atoms with Crippen molar-refractivity contribution in [3.63, 3.8) is 0 Å². The van der Waals surface area contributed by atoms with Gasteiger partial charge in [0, 0.05) is 25.6 Å². The van der Waals surface area contributed by atoms with Crippen LogP contribution in [0.15, 0.2) is 6.07 Å². The molecular weight excluding hydrogens is 230 g/mol. The highest BCUT2D eigenvalue weighted by molar-refractivity contribution is 5.80. The largest absolute Gasteiger partial charge is 0.370 e. The molecule has 1 aromatic rings. The number of nitrogens with zero attached hydrogens (tertiary/aromatic N) is 2. The van der Waals surface area contributed by atoms with Gasteiger partial charge >= 0.3 is 0 Å². The number of anilines is 2. The molecule has 98 valence electrons. The Hall–Kier alpha value is -1.85. The number of rotatable bonds is 6. The van der Waals surface area contributed by atoms with Crippen molar-refractivity contribution in [1.29, 1.82) is 0 Å². The van der Waals surface area contributed by atoms with Crippen molar-refractivity contribution in [3.05, 3.63) is 11.9 Å². The predicted molar refractivity (Wildman–Crippen MR) is 70.7 cm³/mol. The lowest BCUT2D eigenvalue weighted by atomic mass is 10.3. The van der Waals surface area contributed by atoms with Crippen molar-refractivity contribution in [2.24, 2.45) is 0 Å². The van der Waals surface area contributed by atoms with Gasteiger partial charge in [-0.1, -0.05) is 0 Å². The van der Waals surface area contributed by atoms with E-state index >= 15 is 0 Å². The van der Waals surface area contributed by atoms with Gasteiger partial charge in [-0.15, -0.1) is 0 Å². The molecule has 0 bridgehead atoms. The van der Waals surface area contributed by atoms with Crippen LogP contribution in [0.3, 0.4) is 0 Å². The average Bonchev–Trinajstić information content (AvgIpc) is 3.20. The number of likely N-dealkylation sites (N-methyl/N-ethyl adjacent to an activating group) is 1. The van der Waals surface area contributed by atoms with Gasteiger partial charge in [-0.2, -0.15) is 0 Å². The van der Waals surface area contributed by atoms with Crippen LogP contribution in [-0.4, -0.2) is 36.0 Å². The predicted octanol–water partition coefficient (Wildman–Crippen LogP) is 0.944. The zero-order valence-corrected chi connectivity index (χ0v) is 10.8. The van der Waals surface area contributed by atoms with E-state index in [9.17, 15) is 4.79 Å². The molecule has 1 saturated carbocycles. The maximum absolute atomic E-state index is 11.2. The summed E-state index contributed by atoms with van der Waals surface area (Å²) in [5.41, 5.74) is 0. The van der Waals surface area contributed by atoms with E-state index in [2.05, 4.69) is 25.9 Å². The first-order valence-corrected chi connectivity index (χ1v) is 6.30. The van der Waals surface area contributed by atoms with Gasteiger partial charge in [0.05, 0.1) is 6.54 Å². The monoisotopic (exact) mass is 249 g/mol. The quantitative estimate of drug-likeness (QED) is 0.699. The van der Waals surface area contributed by atoms with E-state index in [1.807, 2.05) is 13.0 Å². The number of nitrogens with one attached hydrogen (secondary N) is 3. The van der Waals surface area contributed by atoms with E-state index in [0.717, 1.165) is 31.0 Å². The van der Waals surface area contributed by atoms with E-state index in [1.54, 1.807) is 7.05 Å². The molecular formula is C12H19N5O. The molecule has 1 aromatic heterocycles. The molecule has 6 heteroatoms. The Morgan fingerprint density at radius 3 is 2.56 bits per heavy atom. The molecule has 0 atom stereocenters. The number of carbonyl (C=O) groups is 1. The summed E-state index contributed by atoms with van der Waals surface area (Å²) in [5, 5.41) is 8.76. The van der Waals surface area contributed by atoms with Gasteiger partial charge in [-0.3, -0.25) is 4.79 Å². The molecule has 6 nitrogen and oxygen atoms in total. The Labute approximate surface area is 107 Å². The molecule has 0 spiro atoms. The SMILES string of the molecule is CCNc1cc(NCC(=O)NC)nc(C2CC2)n1. The van der Waals surface area contributed by atoms with Gasteiger partial charge in [-0.05, 0) is 19.8 Å². The fourth-order valence-corrected chi connectivity index (χ4v) is 1.61. The number of hydrogen-bond donors (Lipinski definition) is 3. The molecule has 0 radical (unpaired) electrons. The van der Waals surface area contributed by atoms with Crippen LogP contribution in [0.25, 0.3) is 0 Å². The molecule has 3 N–H and O–H groups in total.